The molecule has 0 aliphatic heterocycles. The number of sulfonamides is 1. The van der Waals surface area contributed by atoms with Crippen molar-refractivity contribution in [2.24, 2.45) is 0 Å². The predicted molar refractivity (Wildman–Crippen MR) is 163 cm³/mol. The van der Waals surface area contributed by atoms with E-state index in [1.165, 1.54) is 35.6 Å². The van der Waals surface area contributed by atoms with Crippen LogP contribution in [0.25, 0.3) is 0 Å². The van der Waals surface area contributed by atoms with E-state index in [0.29, 0.717) is 17.1 Å². The van der Waals surface area contributed by atoms with Gasteiger partial charge in [0, 0.05) is 17.6 Å². The van der Waals surface area contributed by atoms with Crippen LogP contribution >= 0.6 is 11.6 Å². The van der Waals surface area contributed by atoms with Crippen molar-refractivity contribution in [3.63, 3.8) is 0 Å². The van der Waals surface area contributed by atoms with Gasteiger partial charge in [-0.1, -0.05) is 73.3 Å². The van der Waals surface area contributed by atoms with E-state index in [-0.39, 0.29) is 23.4 Å². The summed E-state index contributed by atoms with van der Waals surface area (Å²) in [7, 11) is -4.13. The quantitative estimate of drug-likeness (QED) is 0.306. The molecule has 1 fully saturated rings. The van der Waals surface area contributed by atoms with E-state index < -0.39 is 28.5 Å². The Kier molecular flexibility index (Phi) is 10.5. The maximum Gasteiger partial charge on any atom is 0.264 e. The van der Waals surface area contributed by atoms with Gasteiger partial charge in [-0.25, -0.2) is 8.42 Å². The summed E-state index contributed by atoms with van der Waals surface area (Å²) in [5.41, 5.74) is 2.25. The first-order chi connectivity index (χ1) is 19.6. The average molecular weight is 596 g/mol. The van der Waals surface area contributed by atoms with Crippen LogP contribution in [-0.4, -0.2) is 50.3 Å². The Balaban J connectivity index is 1.63. The highest BCUT2D eigenvalue weighted by Gasteiger charge is 2.33. The summed E-state index contributed by atoms with van der Waals surface area (Å²) in [6, 6.07) is 21.9. The van der Waals surface area contributed by atoms with Gasteiger partial charge in [0.1, 0.15) is 12.6 Å². The topological polar surface area (TPSA) is 86.8 Å². The van der Waals surface area contributed by atoms with Gasteiger partial charge < -0.3 is 10.2 Å². The summed E-state index contributed by atoms with van der Waals surface area (Å²) in [6.07, 6.45) is 5.70. The standard InChI is InChI=1S/C32H38ClN3O4S/c1-24-10-9-15-29(22-24)36(41(39,40)30-18-16-27(33)17-19-30)23-31(37)35(21-20-26-11-5-3-6-12-26)25(2)32(38)34-28-13-7-4-8-14-28/h3,5-6,9-12,15-19,22,25,28H,4,7-8,13-14,20-21,23H2,1-2H3,(H,34,38)/t25-/m1/s1. The molecule has 0 bridgehead atoms. The van der Waals surface area contributed by atoms with Crippen LogP contribution in [0.4, 0.5) is 5.69 Å². The minimum atomic E-state index is -4.13. The number of hydrogen-bond acceptors (Lipinski definition) is 4. The second-order valence-electron chi connectivity index (χ2n) is 10.6. The van der Waals surface area contributed by atoms with Crippen molar-refractivity contribution in [3.05, 3.63) is 95.0 Å². The SMILES string of the molecule is Cc1cccc(N(CC(=O)N(CCc2ccccc2)[C@H](C)C(=O)NC2CCCCC2)S(=O)(=O)c2ccc(Cl)cc2)c1. The fourth-order valence-corrected chi connectivity index (χ4v) is 6.72. The van der Waals surface area contributed by atoms with Crippen molar-refractivity contribution in [3.8, 4) is 0 Å². The molecule has 0 aromatic heterocycles. The molecule has 1 atom stereocenters. The molecule has 0 unspecified atom stereocenters. The molecule has 2 amide bonds. The Hall–Kier alpha value is -3.36. The third-order valence-electron chi connectivity index (χ3n) is 7.57. The summed E-state index contributed by atoms with van der Waals surface area (Å²) in [5, 5.41) is 3.54. The van der Waals surface area contributed by atoms with Crippen molar-refractivity contribution in [1.82, 2.24) is 10.2 Å². The molecular weight excluding hydrogens is 558 g/mol. The number of nitrogens with one attached hydrogen (secondary N) is 1. The molecule has 0 radical (unpaired) electrons. The highest BCUT2D eigenvalue weighted by molar-refractivity contribution is 7.92. The van der Waals surface area contributed by atoms with Crippen LogP contribution in [0, 0.1) is 6.92 Å². The molecule has 1 aliphatic rings. The van der Waals surface area contributed by atoms with Gasteiger partial charge in [0.2, 0.25) is 11.8 Å². The van der Waals surface area contributed by atoms with E-state index in [0.717, 1.165) is 41.1 Å². The maximum atomic E-state index is 14.0. The van der Waals surface area contributed by atoms with Crippen molar-refractivity contribution >= 4 is 39.1 Å². The molecule has 3 aromatic rings. The number of nitrogens with zero attached hydrogens (tertiary/aromatic N) is 2. The molecule has 0 heterocycles. The molecular formula is C32H38ClN3O4S. The van der Waals surface area contributed by atoms with Crippen molar-refractivity contribution in [2.75, 3.05) is 17.4 Å². The van der Waals surface area contributed by atoms with Crippen LogP contribution < -0.4 is 9.62 Å². The number of aryl methyl sites for hydroxylation is 1. The molecule has 4 rings (SSSR count). The first-order valence-electron chi connectivity index (χ1n) is 14.1. The summed E-state index contributed by atoms with van der Waals surface area (Å²) in [5.74, 6) is -0.674. The van der Waals surface area contributed by atoms with Gasteiger partial charge in [0.05, 0.1) is 10.6 Å². The summed E-state index contributed by atoms with van der Waals surface area (Å²) in [4.78, 5) is 28.9. The summed E-state index contributed by atoms with van der Waals surface area (Å²) in [6.45, 7) is 3.39. The highest BCUT2D eigenvalue weighted by Crippen LogP contribution is 2.26. The van der Waals surface area contributed by atoms with Crippen molar-refractivity contribution in [2.45, 2.75) is 69.4 Å². The van der Waals surface area contributed by atoms with Crippen LogP contribution in [0.3, 0.4) is 0 Å². The fraction of sp³-hybridized carbons (Fsp3) is 0.375. The zero-order valence-electron chi connectivity index (χ0n) is 23.6. The first-order valence-corrected chi connectivity index (χ1v) is 16.0. The molecule has 1 saturated carbocycles. The van der Waals surface area contributed by atoms with E-state index in [4.69, 9.17) is 11.6 Å². The molecule has 7 nitrogen and oxygen atoms in total. The number of benzene rings is 3. The lowest BCUT2D eigenvalue weighted by Crippen LogP contribution is -2.53. The van der Waals surface area contributed by atoms with E-state index in [1.54, 1.807) is 25.1 Å². The number of rotatable bonds is 11. The minimum Gasteiger partial charge on any atom is -0.352 e. The third-order valence-corrected chi connectivity index (χ3v) is 9.61. The molecule has 218 valence electrons. The van der Waals surface area contributed by atoms with Crippen LogP contribution in [0.1, 0.15) is 50.2 Å². The van der Waals surface area contributed by atoms with E-state index in [1.807, 2.05) is 43.3 Å². The Morgan fingerprint density at radius 1 is 0.951 bits per heavy atom. The van der Waals surface area contributed by atoms with E-state index in [9.17, 15) is 18.0 Å². The second-order valence-corrected chi connectivity index (χ2v) is 12.9. The largest absolute Gasteiger partial charge is 0.352 e. The average Bonchev–Trinajstić information content (AvgIpc) is 2.97. The lowest BCUT2D eigenvalue weighted by molar-refractivity contribution is -0.139. The third kappa shape index (κ3) is 8.11. The molecule has 0 spiro atoms. The lowest BCUT2D eigenvalue weighted by Gasteiger charge is -2.33. The number of anilines is 1. The highest BCUT2D eigenvalue weighted by atomic mass is 35.5. The van der Waals surface area contributed by atoms with Gasteiger partial charge in [-0.15, -0.1) is 0 Å². The van der Waals surface area contributed by atoms with E-state index >= 15 is 0 Å². The second kappa shape index (κ2) is 14.0. The van der Waals surface area contributed by atoms with Crippen LogP contribution in [0.2, 0.25) is 5.02 Å². The molecule has 1 aliphatic carbocycles. The van der Waals surface area contributed by atoms with Gasteiger partial charge in [0.25, 0.3) is 10.0 Å². The van der Waals surface area contributed by atoms with Gasteiger partial charge >= 0.3 is 0 Å². The molecule has 1 N–H and O–H groups in total. The summed E-state index contributed by atoms with van der Waals surface area (Å²) < 4.78 is 28.9. The predicted octanol–water partition coefficient (Wildman–Crippen LogP) is 5.75. The molecule has 41 heavy (non-hydrogen) atoms. The fourth-order valence-electron chi connectivity index (χ4n) is 5.18. The normalized spacial score (nSPS) is 14.7. The van der Waals surface area contributed by atoms with Crippen molar-refractivity contribution < 1.29 is 18.0 Å². The Labute approximate surface area is 248 Å². The van der Waals surface area contributed by atoms with Crippen molar-refractivity contribution in [1.29, 1.82) is 0 Å². The number of carbonyl (C=O) groups is 2. The molecule has 0 saturated heterocycles. The number of carbonyl (C=O) groups excluding carboxylic acids is 2. The minimum absolute atomic E-state index is 0.0233. The van der Waals surface area contributed by atoms with Crippen LogP contribution in [0.15, 0.2) is 83.8 Å². The van der Waals surface area contributed by atoms with Crippen LogP contribution in [-0.2, 0) is 26.0 Å². The monoisotopic (exact) mass is 595 g/mol. The maximum absolute atomic E-state index is 14.0. The summed E-state index contributed by atoms with van der Waals surface area (Å²) >= 11 is 6.02. The molecule has 9 heteroatoms. The van der Waals surface area contributed by atoms with Crippen LogP contribution in [0.5, 0.6) is 0 Å². The molecule has 3 aromatic carbocycles. The Morgan fingerprint density at radius 2 is 1.63 bits per heavy atom. The number of halogens is 1. The Bertz CT molecular complexity index is 1420. The lowest BCUT2D eigenvalue weighted by atomic mass is 9.95. The smallest absolute Gasteiger partial charge is 0.264 e. The first kappa shape index (κ1) is 30.6. The van der Waals surface area contributed by atoms with Gasteiger partial charge in [-0.2, -0.15) is 0 Å². The number of amides is 2. The van der Waals surface area contributed by atoms with E-state index in [2.05, 4.69) is 5.32 Å². The zero-order valence-corrected chi connectivity index (χ0v) is 25.2. The van der Waals surface area contributed by atoms with Gasteiger partial charge in [0.15, 0.2) is 0 Å². The van der Waals surface area contributed by atoms with Gasteiger partial charge in [-0.3, -0.25) is 13.9 Å². The Morgan fingerprint density at radius 3 is 2.29 bits per heavy atom. The number of hydrogen-bond donors (Lipinski definition) is 1. The van der Waals surface area contributed by atoms with Gasteiger partial charge in [-0.05, 0) is 80.6 Å². The zero-order chi connectivity index (χ0) is 29.4.